The molecule has 6 heavy (non-hydrogen) atoms. The van der Waals surface area contributed by atoms with Gasteiger partial charge in [-0.2, -0.15) is 5.92 Å². The van der Waals surface area contributed by atoms with E-state index in [9.17, 15) is 0 Å². The van der Waals surface area contributed by atoms with Gasteiger partial charge in [-0.1, -0.05) is 20.3 Å². The van der Waals surface area contributed by atoms with Crippen molar-refractivity contribution in [1.29, 1.82) is 0 Å². The van der Waals surface area contributed by atoms with Crippen molar-refractivity contribution in [3.63, 3.8) is 0 Å². The standard InChI is InChI=1S/C5H11.W/c1-4-5(2)3;/h5H,2,4H2,1,3H3;/q-1;+2. The van der Waals surface area contributed by atoms with Crippen LogP contribution < -0.4 is 0 Å². The first-order valence-electron chi connectivity index (χ1n) is 2.10. The Balaban J connectivity index is 0. The summed E-state index contributed by atoms with van der Waals surface area (Å²) in [4.78, 5) is 0. The van der Waals surface area contributed by atoms with Gasteiger partial charge in [0.15, 0.2) is 0 Å². The molecule has 0 N–H and O–H groups in total. The summed E-state index contributed by atoms with van der Waals surface area (Å²) in [6.45, 7) is 8.00. The Hall–Kier alpha value is 0.688. The van der Waals surface area contributed by atoms with E-state index in [2.05, 4.69) is 20.8 Å². The van der Waals surface area contributed by atoms with Crippen LogP contribution in [0.2, 0.25) is 0 Å². The van der Waals surface area contributed by atoms with Crippen LogP contribution in [0.4, 0.5) is 0 Å². The molecule has 0 aromatic heterocycles. The van der Waals surface area contributed by atoms with Crippen LogP contribution in [-0.2, 0) is 21.1 Å². The number of hydrogen-bond acceptors (Lipinski definition) is 0. The van der Waals surface area contributed by atoms with Crippen molar-refractivity contribution >= 4 is 0 Å². The molecule has 0 saturated carbocycles. The zero-order valence-electron chi connectivity index (χ0n) is 4.40. The Kier molecular flexibility index (Phi) is 9.33. The van der Waals surface area contributed by atoms with Crippen LogP contribution in [0.25, 0.3) is 0 Å². The molecular formula is C5H11W+. The predicted octanol–water partition coefficient (Wildman–Crippen LogP) is 1.86. The summed E-state index contributed by atoms with van der Waals surface area (Å²) >= 11 is 0. The Bertz CT molecular complexity index is 17.9. The van der Waals surface area contributed by atoms with Crippen molar-refractivity contribution in [3.05, 3.63) is 6.92 Å². The van der Waals surface area contributed by atoms with E-state index >= 15 is 0 Å². The number of rotatable bonds is 1. The average molecular weight is 255 g/mol. The van der Waals surface area contributed by atoms with Crippen molar-refractivity contribution in [1.82, 2.24) is 0 Å². The third-order valence-electron chi connectivity index (χ3n) is 0.697. The van der Waals surface area contributed by atoms with Crippen molar-refractivity contribution in [2.45, 2.75) is 20.3 Å². The van der Waals surface area contributed by atoms with E-state index in [4.69, 9.17) is 0 Å². The third-order valence-corrected chi connectivity index (χ3v) is 0.697. The van der Waals surface area contributed by atoms with Gasteiger partial charge in [0.2, 0.25) is 0 Å². The molecule has 0 aliphatic rings. The van der Waals surface area contributed by atoms with Crippen molar-refractivity contribution in [3.8, 4) is 0 Å². The van der Waals surface area contributed by atoms with Crippen molar-refractivity contribution in [2.24, 2.45) is 5.92 Å². The quantitative estimate of drug-likeness (QED) is 0.627. The molecular weight excluding hydrogens is 244 g/mol. The maximum atomic E-state index is 3.76. The van der Waals surface area contributed by atoms with Crippen LogP contribution in [0.5, 0.6) is 0 Å². The Morgan fingerprint density at radius 3 is 1.83 bits per heavy atom. The van der Waals surface area contributed by atoms with Gasteiger partial charge in [-0.3, -0.25) is 0 Å². The average Bonchev–Trinajstić information content (AvgIpc) is 1.38. The summed E-state index contributed by atoms with van der Waals surface area (Å²) in [7, 11) is 0. The molecule has 0 amide bonds. The van der Waals surface area contributed by atoms with E-state index in [1.54, 1.807) is 0 Å². The fraction of sp³-hybridized carbons (Fsp3) is 0.800. The molecule has 0 nitrogen and oxygen atoms in total. The molecule has 0 saturated heterocycles. The summed E-state index contributed by atoms with van der Waals surface area (Å²) in [5.41, 5.74) is 0. The van der Waals surface area contributed by atoms with E-state index in [0.29, 0.717) is 5.92 Å². The van der Waals surface area contributed by atoms with Gasteiger partial charge in [-0.05, 0) is 0 Å². The fourth-order valence-corrected chi connectivity index (χ4v) is 0. The molecule has 1 heteroatoms. The third kappa shape index (κ3) is 8.82. The van der Waals surface area contributed by atoms with Gasteiger partial charge in [0.25, 0.3) is 0 Å². The van der Waals surface area contributed by atoms with Crippen LogP contribution in [0.1, 0.15) is 20.3 Å². The van der Waals surface area contributed by atoms with Crippen LogP contribution >= 0.6 is 0 Å². The zero-order valence-corrected chi connectivity index (χ0v) is 7.33. The molecule has 0 spiro atoms. The largest absolute Gasteiger partial charge is 2.00 e. The first-order valence-corrected chi connectivity index (χ1v) is 2.10. The molecule has 1 atom stereocenters. The minimum Gasteiger partial charge on any atom is -0.341 e. The van der Waals surface area contributed by atoms with Gasteiger partial charge in [0.05, 0.1) is 0 Å². The smallest absolute Gasteiger partial charge is 0.341 e. The Morgan fingerprint density at radius 1 is 1.67 bits per heavy atom. The molecule has 0 aromatic rings. The molecule has 36 valence electrons. The van der Waals surface area contributed by atoms with Gasteiger partial charge in [0.1, 0.15) is 0 Å². The minimum absolute atomic E-state index is 0. The van der Waals surface area contributed by atoms with Gasteiger partial charge in [0, 0.05) is 0 Å². The van der Waals surface area contributed by atoms with Gasteiger partial charge in [-0.15, -0.1) is 0 Å². The Morgan fingerprint density at radius 2 is 1.83 bits per heavy atom. The number of hydrogen-bond donors (Lipinski definition) is 0. The summed E-state index contributed by atoms with van der Waals surface area (Å²) in [5.74, 6) is 0.634. The second-order valence-electron chi connectivity index (χ2n) is 1.51. The second kappa shape index (κ2) is 5.69. The molecule has 0 aliphatic heterocycles. The van der Waals surface area contributed by atoms with Gasteiger partial charge < -0.3 is 6.92 Å². The molecule has 0 heterocycles. The van der Waals surface area contributed by atoms with Crippen molar-refractivity contribution < 1.29 is 21.1 Å². The molecule has 0 bridgehead atoms. The summed E-state index contributed by atoms with van der Waals surface area (Å²) < 4.78 is 0. The summed E-state index contributed by atoms with van der Waals surface area (Å²) in [6.07, 6.45) is 1.19. The maximum absolute atomic E-state index is 3.76. The second-order valence-corrected chi connectivity index (χ2v) is 1.51. The normalized spacial score (nSPS) is 12.5. The van der Waals surface area contributed by atoms with Gasteiger partial charge in [-0.25, -0.2) is 0 Å². The van der Waals surface area contributed by atoms with Crippen molar-refractivity contribution in [2.75, 3.05) is 0 Å². The van der Waals surface area contributed by atoms with E-state index < -0.39 is 0 Å². The fourth-order valence-electron chi connectivity index (χ4n) is 0. The van der Waals surface area contributed by atoms with Gasteiger partial charge >= 0.3 is 21.1 Å². The van der Waals surface area contributed by atoms with E-state index in [1.807, 2.05) is 0 Å². The maximum Gasteiger partial charge on any atom is 2.00 e. The van der Waals surface area contributed by atoms with Crippen LogP contribution in [0.3, 0.4) is 0 Å². The predicted molar refractivity (Wildman–Crippen MR) is 24.8 cm³/mol. The van der Waals surface area contributed by atoms with E-state index in [1.165, 1.54) is 6.42 Å². The monoisotopic (exact) mass is 255 g/mol. The first kappa shape index (κ1) is 9.85. The van der Waals surface area contributed by atoms with E-state index in [-0.39, 0.29) is 21.1 Å². The van der Waals surface area contributed by atoms with Crippen LogP contribution in [-0.4, -0.2) is 0 Å². The molecule has 1 unspecified atom stereocenters. The molecule has 0 radical (unpaired) electrons. The minimum atomic E-state index is 0. The molecule has 0 fully saturated rings. The molecule has 0 aromatic carbocycles. The first-order chi connectivity index (χ1) is 2.27. The van der Waals surface area contributed by atoms with Crippen LogP contribution in [0, 0.1) is 12.8 Å². The summed E-state index contributed by atoms with van der Waals surface area (Å²) in [5, 5.41) is 0. The Labute approximate surface area is 54.6 Å². The SMILES string of the molecule is [CH2-]C(C)CC.[W+2]. The molecule has 0 aliphatic carbocycles. The summed E-state index contributed by atoms with van der Waals surface area (Å²) in [6, 6.07) is 0. The molecule has 0 rings (SSSR count). The van der Waals surface area contributed by atoms with E-state index in [0.717, 1.165) is 0 Å². The zero-order chi connectivity index (χ0) is 4.28. The topological polar surface area (TPSA) is 0 Å². The van der Waals surface area contributed by atoms with Crippen LogP contribution in [0.15, 0.2) is 0 Å².